The highest BCUT2D eigenvalue weighted by Crippen LogP contribution is 2.46. The Bertz CT molecular complexity index is 781. The van der Waals surface area contributed by atoms with E-state index in [1.807, 2.05) is 32.3 Å². The van der Waals surface area contributed by atoms with Crippen LogP contribution in [-0.2, 0) is 16.9 Å². The van der Waals surface area contributed by atoms with E-state index in [2.05, 4.69) is 11.0 Å². The van der Waals surface area contributed by atoms with Crippen molar-refractivity contribution >= 4 is 0 Å². The average molecular weight is 324 g/mol. The highest BCUT2D eigenvalue weighted by molar-refractivity contribution is 5.48. The second-order valence-electron chi connectivity index (χ2n) is 6.49. The zero-order chi connectivity index (χ0) is 17.2. The van der Waals surface area contributed by atoms with Crippen LogP contribution in [0.15, 0.2) is 42.5 Å². The molecule has 3 nitrogen and oxygen atoms in total. The first-order valence-electron chi connectivity index (χ1n) is 8.14. The fourth-order valence-corrected chi connectivity index (χ4v) is 3.45. The van der Waals surface area contributed by atoms with E-state index in [1.165, 1.54) is 6.07 Å². The molecule has 124 valence electrons. The van der Waals surface area contributed by atoms with Crippen molar-refractivity contribution in [2.45, 2.75) is 25.0 Å². The van der Waals surface area contributed by atoms with Gasteiger partial charge in [0, 0.05) is 5.56 Å². The van der Waals surface area contributed by atoms with Gasteiger partial charge in [-0.1, -0.05) is 24.3 Å². The molecular formula is C20H21FN2O. The van der Waals surface area contributed by atoms with Crippen LogP contribution in [0, 0.1) is 17.1 Å². The van der Waals surface area contributed by atoms with Gasteiger partial charge in [-0.2, -0.15) is 5.26 Å². The predicted molar refractivity (Wildman–Crippen MR) is 90.9 cm³/mol. The Morgan fingerprint density at radius 3 is 2.71 bits per heavy atom. The minimum absolute atomic E-state index is 0.250. The van der Waals surface area contributed by atoms with E-state index in [9.17, 15) is 4.39 Å². The Kier molecular flexibility index (Phi) is 4.66. The summed E-state index contributed by atoms with van der Waals surface area (Å²) in [5, 5.41) is 9.11. The molecule has 3 rings (SSSR count). The second-order valence-corrected chi connectivity index (χ2v) is 6.49. The number of ether oxygens (including phenoxy) is 1. The molecule has 0 fully saturated rings. The first-order chi connectivity index (χ1) is 11.6. The third kappa shape index (κ3) is 2.93. The number of nitrogens with zero attached hydrogens (tertiary/aromatic N) is 2. The summed E-state index contributed by atoms with van der Waals surface area (Å²) < 4.78 is 20.8. The van der Waals surface area contributed by atoms with Gasteiger partial charge in [0.25, 0.3) is 0 Å². The number of hydrogen-bond acceptors (Lipinski definition) is 3. The largest absolute Gasteiger partial charge is 0.361 e. The SMILES string of the molecule is CN(C)CCC[C@@]1(c2ccccc2F)OCc2cc(C#N)ccc21. The number of nitriles is 1. The van der Waals surface area contributed by atoms with Crippen LogP contribution in [0.5, 0.6) is 0 Å². The highest BCUT2D eigenvalue weighted by Gasteiger charge is 2.43. The van der Waals surface area contributed by atoms with E-state index in [1.54, 1.807) is 18.2 Å². The summed E-state index contributed by atoms with van der Waals surface area (Å²) in [4.78, 5) is 2.11. The van der Waals surface area contributed by atoms with Crippen LogP contribution in [0.3, 0.4) is 0 Å². The van der Waals surface area contributed by atoms with E-state index in [-0.39, 0.29) is 5.82 Å². The molecule has 2 aromatic carbocycles. The lowest BCUT2D eigenvalue weighted by atomic mass is 9.81. The molecular weight excluding hydrogens is 303 g/mol. The van der Waals surface area contributed by atoms with Gasteiger partial charge in [-0.25, -0.2) is 4.39 Å². The Hall–Kier alpha value is -2.22. The maximum atomic E-state index is 14.6. The zero-order valence-electron chi connectivity index (χ0n) is 14.1. The lowest BCUT2D eigenvalue weighted by Crippen LogP contribution is -2.29. The van der Waals surface area contributed by atoms with Gasteiger partial charge >= 0.3 is 0 Å². The Morgan fingerprint density at radius 1 is 1.21 bits per heavy atom. The van der Waals surface area contributed by atoms with Crippen LogP contribution in [-0.4, -0.2) is 25.5 Å². The highest BCUT2D eigenvalue weighted by atomic mass is 19.1. The third-order valence-electron chi connectivity index (χ3n) is 4.59. The molecule has 0 aliphatic carbocycles. The molecule has 0 spiro atoms. The monoisotopic (exact) mass is 324 g/mol. The number of benzene rings is 2. The Balaban J connectivity index is 2.06. The zero-order valence-corrected chi connectivity index (χ0v) is 14.1. The van der Waals surface area contributed by atoms with Crippen LogP contribution in [0.2, 0.25) is 0 Å². The lowest BCUT2D eigenvalue weighted by molar-refractivity contribution is -0.0163. The van der Waals surface area contributed by atoms with E-state index >= 15 is 0 Å². The lowest BCUT2D eigenvalue weighted by Gasteiger charge is -2.31. The fraction of sp³-hybridized carbons (Fsp3) is 0.350. The molecule has 1 atom stereocenters. The molecule has 0 radical (unpaired) electrons. The molecule has 0 unspecified atom stereocenters. The molecule has 0 aromatic heterocycles. The molecule has 0 saturated carbocycles. The van der Waals surface area contributed by atoms with Crippen LogP contribution in [0.1, 0.15) is 35.1 Å². The van der Waals surface area contributed by atoms with Crippen molar-refractivity contribution in [1.29, 1.82) is 5.26 Å². The second kappa shape index (κ2) is 6.72. The van der Waals surface area contributed by atoms with Crippen molar-refractivity contribution in [2.24, 2.45) is 0 Å². The van der Waals surface area contributed by atoms with Crippen LogP contribution >= 0.6 is 0 Å². The first-order valence-corrected chi connectivity index (χ1v) is 8.14. The van der Waals surface area contributed by atoms with Crippen molar-refractivity contribution in [3.8, 4) is 6.07 Å². The maximum absolute atomic E-state index is 14.6. The van der Waals surface area contributed by atoms with E-state index in [0.717, 1.165) is 24.1 Å². The number of rotatable bonds is 5. The predicted octanol–water partition coefficient (Wildman–Crippen LogP) is 3.81. The molecule has 1 aliphatic rings. The van der Waals surface area contributed by atoms with Gasteiger partial charge in [0.05, 0.1) is 18.2 Å². The van der Waals surface area contributed by atoms with Crippen molar-refractivity contribution in [1.82, 2.24) is 4.90 Å². The van der Waals surface area contributed by atoms with Gasteiger partial charge in [-0.3, -0.25) is 0 Å². The molecule has 1 heterocycles. The van der Waals surface area contributed by atoms with Gasteiger partial charge in [-0.15, -0.1) is 0 Å². The summed E-state index contributed by atoms with van der Waals surface area (Å²) in [6.45, 7) is 1.31. The van der Waals surface area contributed by atoms with Gasteiger partial charge in [0.1, 0.15) is 11.4 Å². The molecule has 24 heavy (non-hydrogen) atoms. The summed E-state index contributed by atoms with van der Waals surface area (Å²) in [6.07, 6.45) is 1.59. The molecule has 0 N–H and O–H groups in total. The van der Waals surface area contributed by atoms with Crippen LogP contribution < -0.4 is 0 Å². The van der Waals surface area contributed by atoms with Crippen molar-refractivity contribution in [2.75, 3.05) is 20.6 Å². The summed E-state index contributed by atoms with van der Waals surface area (Å²) in [7, 11) is 4.05. The maximum Gasteiger partial charge on any atom is 0.129 e. The topological polar surface area (TPSA) is 36.3 Å². The van der Waals surface area contributed by atoms with Gasteiger partial charge in [0.2, 0.25) is 0 Å². The normalized spacial score (nSPS) is 19.3. The number of halogens is 1. The Morgan fingerprint density at radius 2 is 2.00 bits per heavy atom. The standard InChI is InChI=1S/C20H21FN2O/c1-23(2)11-5-10-20(18-6-3-4-7-19(18)21)17-9-8-15(13-22)12-16(17)14-24-20/h3-4,6-9,12H,5,10-11,14H2,1-2H3/t20-/m1/s1. The van der Waals surface area contributed by atoms with Crippen molar-refractivity contribution in [3.05, 3.63) is 70.5 Å². The van der Waals surface area contributed by atoms with Crippen LogP contribution in [0.4, 0.5) is 4.39 Å². The minimum Gasteiger partial charge on any atom is -0.361 e. The van der Waals surface area contributed by atoms with E-state index in [0.29, 0.717) is 24.2 Å². The minimum atomic E-state index is -0.773. The molecule has 0 saturated heterocycles. The molecule has 0 amide bonds. The average Bonchev–Trinajstić information content (AvgIpc) is 2.94. The Labute approximate surface area is 142 Å². The summed E-state index contributed by atoms with van der Waals surface area (Å²) in [5.41, 5.74) is 2.36. The van der Waals surface area contributed by atoms with Gasteiger partial charge in [0.15, 0.2) is 0 Å². The van der Waals surface area contributed by atoms with Crippen molar-refractivity contribution in [3.63, 3.8) is 0 Å². The summed E-state index contributed by atoms with van der Waals surface area (Å²) in [6, 6.07) is 14.5. The molecule has 4 heteroatoms. The summed E-state index contributed by atoms with van der Waals surface area (Å²) in [5.74, 6) is -0.250. The third-order valence-corrected chi connectivity index (χ3v) is 4.59. The van der Waals surface area contributed by atoms with E-state index < -0.39 is 5.60 Å². The fourth-order valence-electron chi connectivity index (χ4n) is 3.45. The van der Waals surface area contributed by atoms with Crippen LogP contribution in [0.25, 0.3) is 0 Å². The number of hydrogen-bond donors (Lipinski definition) is 0. The molecule has 0 bridgehead atoms. The smallest absolute Gasteiger partial charge is 0.129 e. The summed E-state index contributed by atoms with van der Waals surface area (Å²) >= 11 is 0. The quantitative estimate of drug-likeness (QED) is 0.839. The molecule has 2 aromatic rings. The van der Waals surface area contributed by atoms with Crippen molar-refractivity contribution < 1.29 is 9.13 Å². The number of fused-ring (bicyclic) bond motifs is 1. The first kappa shape index (κ1) is 16.6. The van der Waals surface area contributed by atoms with E-state index in [4.69, 9.17) is 10.00 Å². The van der Waals surface area contributed by atoms with Gasteiger partial charge < -0.3 is 9.64 Å². The van der Waals surface area contributed by atoms with Gasteiger partial charge in [-0.05, 0) is 62.8 Å². The molecule has 1 aliphatic heterocycles.